The van der Waals surface area contributed by atoms with Crippen molar-refractivity contribution >= 4 is 0 Å². The molecule has 0 spiro atoms. The maximum Gasteiger partial charge on any atom is 0.0638 e. The number of aliphatic hydroxyl groups is 2. The Bertz CT molecular complexity index is 184. The quantitative estimate of drug-likeness (QED) is 0.638. The monoisotopic (exact) mass is 244 g/mol. The first-order chi connectivity index (χ1) is 7.80. The molecule has 2 heteroatoms. The van der Waals surface area contributed by atoms with Gasteiger partial charge >= 0.3 is 0 Å². The first-order valence-corrected chi connectivity index (χ1v) is 7.16. The summed E-state index contributed by atoms with van der Waals surface area (Å²) in [6.45, 7) is 10.2. The molecular formula is C15H32O2. The van der Waals surface area contributed by atoms with Crippen LogP contribution < -0.4 is 0 Å². The number of aliphatic hydroxyl groups excluding tert-OH is 2. The van der Waals surface area contributed by atoms with Gasteiger partial charge in [0.1, 0.15) is 0 Å². The van der Waals surface area contributed by atoms with Gasteiger partial charge in [-0.15, -0.1) is 0 Å². The van der Waals surface area contributed by atoms with Gasteiger partial charge in [0, 0.05) is 5.92 Å². The molecular weight excluding hydrogens is 212 g/mol. The molecule has 17 heavy (non-hydrogen) atoms. The SMILES string of the molecule is CCCCCCCC(O)C(C)C(O)C(C)(C)C. The maximum atomic E-state index is 10.1. The molecule has 0 saturated heterocycles. The average Bonchev–Trinajstić information content (AvgIpc) is 2.25. The molecule has 0 amide bonds. The van der Waals surface area contributed by atoms with E-state index >= 15 is 0 Å². The van der Waals surface area contributed by atoms with E-state index in [1.54, 1.807) is 0 Å². The lowest BCUT2D eigenvalue weighted by Gasteiger charge is -2.33. The summed E-state index contributed by atoms with van der Waals surface area (Å²) in [4.78, 5) is 0. The molecule has 0 aliphatic carbocycles. The third-order valence-corrected chi connectivity index (χ3v) is 3.60. The molecule has 0 aromatic carbocycles. The third kappa shape index (κ3) is 7.05. The van der Waals surface area contributed by atoms with Gasteiger partial charge < -0.3 is 10.2 Å². The van der Waals surface area contributed by atoms with E-state index in [4.69, 9.17) is 0 Å². The normalized spacial score (nSPS) is 17.8. The van der Waals surface area contributed by atoms with E-state index < -0.39 is 6.10 Å². The van der Waals surface area contributed by atoms with Gasteiger partial charge in [0.05, 0.1) is 12.2 Å². The predicted molar refractivity (Wildman–Crippen MR) is 74.0 cm³/mol. The summed E-state index contributed by atoms with van der Waals surface area (Å²) in [7, 11) is 0. The van der Waals surface area contributed by atoms with Crippen molar-refractivity contribution in [2.24, 2.45) is 11.3 Å². The second-order valence-electron chi connectivity index (χ2n) is 6.44. The molecule has 0 radical (unpaired) electrons. The number of hydrogen-bond donors (Lipinski definition) is 2. The molecule has 0 bridgehead atoms. The summed E-state index contributed by atoms with van der Waals surface area (Å²) in [6.07, 6.45) is 6.08. The van der Waals surface area contributed by atoms with Crippen LogP contribution in [0.4, 0.5) is 0 Å². The van der Waals surface area contributed by atoms with Crippen LogP contribution in [0.5, 0.6) is 0 Å². The Labute approximate surface area is 107 Å². The molecule has 0 rings (SSSR count). The molecule has 0 aliphatic rings. The van der Waals surface area contributed by atoms with E-state index in [2.05, 4.69) is 6.92 Å². The van der Waals surface area contributed by atoms with E-state index in [-0.39, 0.29) is 17.4 Å². The van der Waals surface area contributed by atoms with Crippen molar-refractivity contribution in [3.05, 3.63) is 0 Å². The molecule has 3 atom stereocenters. The average molecular weight is 244 g/mol. The lowest BCUT2D eigenvalue weighted by molar-refractivity contribution is -0.0386. The maximum absolute atomic E-state index is 10.1. The van der Waals surface area contributed by atoms with Gasteiger partial charge in [-0.3, -0.25) is 0 Å². The van der Waals surface area contributed by atoms with Gasteiger partial charge in [0.2, 0.25) is 0 Å². The van der Waals surface area contributed by atoms with Crippen LogP contribution in [0, 0.1) is 11.3 Å². The predicted octanol–water partition coefficient (Wildman–Crippen LogP) is 3.75. The highest BCUT2D eigenvalue weighted by Crippen LogP contribution is 2.28. The Morgan fingerprint density at radius 3 is 1.94 bits per heavy atom. The van der Waals surface area contributed by atoms with Crippen molar-refractivity contribution in [3.8, 4) is 0 Å². The molecule has 0 aromatic heterocycles. The highest BCUT2D eigenvalue weighted by Gasteiger charge is 2.31. The fourth-order valence-electron chi connectivity index (χ4n) is 2.22. The smallest absolute Gasteiger partial charge is 0.0638 e. The van der Waals surface area contributed by atoms with Crippen LogP contribution in [-0.4, -0.2) is 22.4 Å². The van der Waals surface area contributed by atoms with Gasteiger partial charge in [-0.25, -0.2) is 0 Å². The minimum Gasteiger partial charge on any atom is -0.393 e. The molecule has 2 N–H and O–H groups in total. The standard InChI is InChI=1S/C15H32O2/c1-6-7-8-9-10-11-13(16)12(2)14(17)15(3,4)5/h12-14,16-17H,6-11H2,1-5H3. The van der Waals surface area contributed by atoms with Crippen LogP contribution in [0.1, 0.15) is 73.1 Å². The zero-order valence-electron chi connectivity index (χ0n) is 12.4. The molecule has 0 aromatic rings. The van der Waals surface area contributed by atoms with Gasteiger partial charge in [0.25, 0.3) is 0 Å². The van der Waals surface area contributed by atoms with Crippen molar-refractivity contribution < 1.29 is 10.2 Å². The molecule has 0 heterocycles. The van der Waals surface area contributed by atoms with Crippen molar-refractivity contribution in [1.82, 2.24) is 0 Å². The molecule has 0 saturated carbocycles. The lowest BCUT2D eigenvalue weighted by Crippen LogP contribution is -2.38. The zero-order chi connectivity index (χ0) is 13.5. The Morgan fingerprint density at radius 2 is 1.47 bits per heavy atom. The summed E-state index contributed by atoms with van der Waals surface area (Å²) in [5, 5.41) is 20.2. The molecule has 2 nitrogen and oxygen atoms in total. The van der Waals surface area contributed by atoms with Gasteiger partial charge in [-0.05, 0) is 11.8 Å². The number of hydrogen-bond acceptors (Lipinski definition) is 2. The van der Waals surface area contributed by atoms with Crippen LogP contribution in [0.2, 0.25) is 0 Å². The Morgan fingerprint density at radius 1 is 0.941 bits per heavy atom. The summed E-state index contributed by atoms with van der Waals surface area (Å²) >= 11 is 0. The van der Waals surface area contributed by atoms with E-state index in [1.165, 1.54) is 25.7 Å². The highest BCUT2D eigenvalue weighted by atomic mass is 16.3. The first kappa shape index (κ1) is 16.9. The fourth-order valence-corrected chi connectivity index (χ4v) is 2.22. The van der Waals surface area contributed by atoms with E-state index in [1.807, 2.05) is 27.7 Å². The van der Waals surface area contributed by atoms with Crippen LogP contribution in [0.25, 0.3) is 0 Å². The van der Waals surface area contributed by atoms with E-state index in [0.29, 0.717) is 0 Å². The summed E-state index contributed by atoms with van der Waals surface area (Å²) in [5.74, 6) is -0.0406. The van der Waals surface area contributed by atoms with Gasteiger partial charge in [0.15, 0.2) is 0 Å². The van der Waals surface area contributed by atoms with E-state index in [0.717, 1.165) is 12.8 Å². The second kappa shape index (κ2) is 8.10. The summed E-state index contributed by atoms with van der Waals surface area (Å²) < 4.78 is 0. The van der Waals surface area contributed by atoms with Crippen molar-refractivity contribution in [2.45, 2.75) is 85.4 Å². The lowest BCUT2D eigenvalue weighted by atomic mass is 9.79. The van der Waals surface area contributed by atoms with Crippen molar-refractivity contribution in [3.63, 3.8) is 0 Å². The topological polar surface area (TPSA) is 40.5 Å². The Kier molecular flexibility index (Phi) is 8.06. The van der Waals surface area contributed by atoms with Gasteiger partial charge in [-0.1, -0.05) is 66.7 Å². The Hall–Kier alpha value is -0.0800. The van der Waals surface area contributed by atoms with Crippen LogP contribution in [-0.2, 0) is 0 Å². The third-order valence-electron chi connectivity index (χ3n) is 3.60. The molecule has 3 unspecified atom stereocenters. The minimum absolute atomic E-state index is 0.0406. The minimum atomic E-state index is -0.437. The molecule has 0 fully saturated rings. The fraction of sp³-hybridized carbons (Fsp3) is 1.00. The van der Waals surface area contributed by atoms with E-state index in [9.17, 15) is 10.2 Å². The number of unbranched alkanes of at least 4 members (excludes halogenated alkanes) is 4. The Balaban J connectivity index is 3.85. The largest absolute Gasteiger partial charge is 0.393 e. The molecule has 0 aliphatic heterocycles. The van der Waals surface area contributed by atoms with Crippen molar-refractivity contribution in [1.29, 1.82) is 0 Å². The van der Waals surface area contributed by atoms with Crippen molar-refractivity contribution in [2.75, 3.05) is 0 Å². The highest BCUT2D eigenvalue weighted by molar-refractivity contribution is 4.81. The zero-order valence-corrected chi connectivity index (χ0v) is 12.4. The number of rotatable bonds is 8. The van der Waals surface area contributed by atoms with Gasteiger partial charge in [-0.2, -0.15) is 0 Å². The van der Waals surface area contributed by atoms with Crippen LogP contribution in [0.15, 0.2) is 0 Å². The van der Waals surface area contributed by atoms with Crippen LogP contribution in [0.3, 0.4) is 0 Å². The van der Waals surface area contributed by atoms with Crippen LogP contribution >= 0.6 is 0 Å². The summed E-state index contributed by atoms with van der Waals surface area (Å²) in [5.41, 5.74) is -0.150. The second-order valence-corrected chi connectivity index (χ2v) is 6.44. The first-order valence-electron chi connectivity index (χ1n) is 7.16. The summed E-state index contributed by atoms with van der Waals surface area (Å²) in [6, 6.07) is 0. The molecule has 104 valence electrons.